The lowest BCUT2D eigenvalue weighted by Crippen LogP contribution is -2.34. The van der Waals surface area contributed by atoms with Gasteiger partial charge in [-0.15, -0.1) is 0 Å². The highest BCUT2D eigenvalue weighted by atomic mass is 16.5. The molecule has 0 amide bonds. The molecule has 6 nitrogen and oxygen atoms in total. The molecule has 2 heterocycles. The van der Waals surface area contributed by atoms with Crippen molar-refractivity contribution in [3.63, 3.8) is 0 Å². The maximum Gasteiger partial charge on any atom is 0.161 e. The van der Waals surface area contributed by atoms with Gasteiger partial charge < -0.3 is 9.47 Å². The second-order valence-electron chi connectivity index (χ2n) is 4.86. The number of hydrogen-bond donors (Lipinski definition) is 2. The average molecular weight is 268 g/mol. The summed E-state index contributed by atoms with van der Waals surface area (Å²) in [5.74, 6) is 6.50. The zero-order valence-electron chi connectivity index (χ0n) is 11.8. The van der Waals surface area contributed by atoms with Crippen molar-refractivity contribution in [1.82, 2.24) is 15.2 Å². The second kappa shape index (κ2) is 6.88. The minimum Gasteiger partial charge on any atom is -0.493 e. The molecule has 1 aromatic heterocycles. The van der Waals surface area contributed by atoms with Gasteiger partial charge in [0.15, 0.2) is 5.75 Å². The van der Waals surface area contributed by atoms with Gasteiger partial charge in [0.2, 0.25) is 0 Å². The lowest BCUT2D eigenvalue weighted by molar-refractivity contribution is 0.00438. The molecule has 0 aliphatic carbocycles. The molecule has 1 fully saturated rings. The monoisotopic (exact) mass is 268 g/mol. The quantitative estimate of drug-likeness (QED) is 0.602. The van der Waals surface area contributed by atoms with E-state index in [1.807, 2.05) is 4.68 Å². The third kappa shape index (κ3) is 3.26. The van der Waals surface area contributed by atoms with Gasteiger partial charge in [-0.3, -0.25) is 16.0 Å². The Kier molecular flexibility index (Phi) is 5.18. The summed E-state index contributed by atoms with van der Waals surface area (Å²) in [7, 11) is 1.66. The third-order valence-electron chi connectivity index (χ3n) is 3.67. The van der Waals surface area contributed by atoms with E-state index in [0.717, 1.165) is 43.9 Å². The Morgan fingerprint density at radius 3 is 3.05 bits per heavy atom. The van der Waals surface area contributed by atoms with E-state index in [2.05, 4.69) is 17.4 Å². The summed E-state index contributed by atoms with van der Waals surface area (Å²) in [6, 6.07) is 0.000463. The highest BCUT2D eigenvalue weighted by molar-refractivity contribution is 5.28. The first kappa shape index (κ1) is 14.3. The summed E-state index contributed by atoms with van der Waals surface area (Å²) in [4.78, 5) is 0. The number of rotatable bonds is 6. The molecule has 1 aliphatic heterocycles. The normalized spacial score (nSPS) is 21.3. The molecule has 2 rings (SSSR count). The fraction of sp³-hybridized carbons (Fsp3) is 0.769. The Bertz CT molecular complexity index is 366. The van der Waals surface area contributed by atoms with Gasteiger partial charge in [-0.1, -0.05) is 0 Å². The maximum absolute atomic E-state index is 5.79. The van der Waals surface area contributed by atoms with Gasteiger partial charge in [0, 0.05) is 13.2 Å². The number of aromatic nitrogens is 2. The van der Waals surface area contributed by atoms with Gasteiger partial charge in [0.25, 0.3) is 0 Å². The number of nitrogens with zero attached hydrogens (tertiary/aromatic N) is 2. The van der Waals surface area contributed by atoms with Crippen LogP contribution in [-0.2, 0) is 11.3 Å². The second-order valence-corrected chi connectivity index (χ2v) is 4.86. The smallest absolute Gasteiger partial charge is 0.161 e. The number of hydrazine groups is 1. The summed E-state index contributed by atoms with van der Waals surface area (Å²) in [6.07, 6.45) is 6.34. The fourth-order valence-electron chi connectivity index (χ4n) is 2.65. The number of ether oxygens (including phenoxy) is 2. The molecule has 2 atom stereocenters. The lowest BCUT2D eigenvalue weighted by Gasteiger charge is -2.27. The Labute approximate surface area is 114 Å². The SMILES string of the molecule is CCn1ncc(OC)c1C(CC1CCCCO1)NN. The van der Waals surface area contributed by atoms with Crippen molar-refractivity contribution >= 4 is 0 Å². The van der Waals surface area contributed by atoms with Crippen LogP contribution in [0.2, 0.25) is 0 Å². The van der Waals surface area contributed by atoms with Crippen LogP contribution in [-0.4, -0.2) is 29.6 Å². The van der Waals surface area contributed by atoms with E-state index in [9.17, 15) is 0 Å². The Morgan fingerprint density at radius 2 is 2.47 bits per heavy atom. The van der Waals surface area contributed by atoms with Crippen LogP contribution >= 0.6 is 0 Å². The highest BCUT2D eigenvalue weighted by Crippen LogP contribution is 2.30. The third-order valence-corrected chi connectivity index (χ3v) is 3.67. The standard InChI is InChI=1S/C13H24N4O2/c1-3-17-13(12(18-2)9-15-17)11(16-14)8-10-6-4-5-7-19-10/h9-11,16H,3-8,14H2,1-2H3. The van der Waals surface area contributed by atoms with Crippen molar-refractivity contribution in [2.24, 2.45) is 5.84 Å². The molecule has 1 aromatic rings. The van der Waals surface area contributed by atoms with Crippen LogP contribution in [0.25, 0.3) is 0 Å². The van der Waals surface area contributed by atoms with Crippen LogP contribution in [0.5, 0.6) is 5.75 Å². The topological polar surface area (TPSA) is 74.3 Å². The molecule has 1 aliphatic rings. The van der Waals surface area contributed by atoms with Crippen molar-refractivity contribution in [3.05, 3.63) is 11.9 Å². The molecule has 0 bridgehead atoms. The first-order valence-electron chi connectivity index (χ1n) is 6.97. The molecule has 6 heteroatoms. The van der Waals surface area contributed by atoms with E-state index in [1.54, 1.807) is 13.3 Å². The number of aryl methyl sites for hydroxylation is 1. The van der Waals surface area contributed by atoms with Gasteiger partial charge in [-0.05, 0) is 32.6 Å². The minimum atomic E-state index is 0.000463. The summed E-state index contributed by atoms with van der Waals surface area (Å²) >= 11 is 0. The molecule has 0 spiro atoms. The first-order valence-corrected chi connectivity index (χ1v) is 6.97. The van der Waals surface area contributed by atoms with Crippen molar-refractivity contribution in [2.45, 2.75) is 51.3 Å². The average Bonchev–Trinajstić information content (AvgIpc) is 2.88. The molecular formula is C13H24N4O2. The molecule has 0 radical (unpaired) electrons. The summed E-state index contributed by atoms with van der Waals surface area (Å²) in [5, 5.41) is 4.32. The number of nitrogens with two attached hydrogens (primary N) is 1. The van der Waals surface area contributed by atoms with Gasteiger partial charge in [0.1, 0.15) is 0 Å². The van der Waals surface area contributed by atoms with Gasteiger partial charge in [0.05, 0.1) is 31.1 Å². The number of methoxy groups -OCH3 is 1. The molecular weight excluding hydrogens is 244 g/mol. The Hall–Kier alpha value is -1.11. The molecule has 19 heavy (non-hydrogen) atoms. The van der Waals surface area contributed by atoms with Gasteiger partial charge >= 0.3 is 0 Å². The molecule has 108 valence electrons. The van der Waals surface area contributed by atoms with Crippen molar-refractivity contribution in [3.8, 4) is 5.75 Å². The van der Waals surface area contributed by atoms with Crippen molar-refractivity contribution < 1.29 is 9.47 Å². The van der Waals surface area contributed by atoms with Crippen LogP contribution in [0, 0.1) is 0 Å². The first-order chi connectivity index (χ1) is 9.30. The van der Waals surface area contributed by atoms with Crippen LogP contribution in [0.1, 0.15) is 44.3 Å². The van der Waals surface area contributed by atoms with Crippen molar-refractivity contribution in [1.29, 1.82) is 0 Å². The van der Waals surface area contributed by atoms with E-state index >= 15 is 0 Å². The Morgan fingerprint density at radius 1 is 1.63 bits per heavy atom. The lowest BCUT2D eigenvalue weighted by atomic mass is 10.00. The van der Waals surface area contributed by atoms with Crippen LogP contribution < -0.4 is 16.0 Å². The Balaban J connectivity index is 2.13. The molecule has 2 unspecified atom stereocenters. The molecule has 3 N–H and O–H groups in total. The molecule has 0 aromatic carbocycles. The van der Waals surface area contributed by atoms with Crippen LogP contribution in [0.3, 0.4) is 0 Å². The molecule has 0 saturated carbocycles. The van der Waals surface area contributed by atoms with Crippen LogP contribution in [0.15, 0.2) is 6.20 Å². The van der Waals surface area contributed by atoms with Gasteiger partial charge in [-0.2, -0.15) is 5.10 Å². The zero-order chi connectivity index (χ0) is 13.7. The minimum absolute atomic E-state index is 0.000463. The van der Waals surface area contributed by atoms with Gasteiger partial charge in [-0.25, -0.2) is 0 Å². The van der Waals surface area contributed by atoms with Crippen LogP contribution in [0.4, 0.5) is 0 Å². The van der Waals surface area contributed by atoms with E-state index in [1.165, 1.54) is 6.42 Å². The van der Waals surface area contributed by atoms with E-state index in [0.29, 0.717) is 0 Å². The summed E-state index contributed by atoms with van der Waals surface area (Å²) in [5.41, 5.74) is 3.88. The largest absolute Gasteiger partial charge is 0.493 e. The number of nitrogens with one attached hydrogen (secondary N) is 1. The number of hydrogen-bond acceptors (Lipinski definition) is 5. The van der Waals surface area contributed by atoms with E-state index in [4.69, 9.17) is 15.3 Å². The predicted molar refractivity (Wildman–Crippen MR) is 72.7 cm³/mol. The summed E-state index contributed by atoms with van der Waals surface area (Å²) < 4.78 is 13.1. The fourth-order valence-corrected chi connectivity index (χ4v) is 2.65. The highest BCUT2D eigenvalue weighted by Gasteiger charge is 2.25. The molecule has 1 saturated heterocycles. The predicted octanol–water partition coefficient (Wildman–Crippen LogP) is 1.38. The zero-order valence-corrected chi connectivity index (χ0v) is 11.8. The maximum atomic E-state index is 5.79. The van der Waals surface area contributed by atoms with E-state index < -0.39 is 0 Å². The van der Waals surface area contributed by atoms with Crippen molar-refractivity contribution in [2.75, 3.05) is 13.7 Å². The summed E-state index contributed by atoms with van der Waals surface area (Å²) in [6.45, 7) is 3.70. The van der Waals surface area contributed by atoms with E-state index in [-0.39, 0.29) is 12.1 Å².